The molecule has 2 aromatic rings. The van der Waals surface area contributed by atoms with Gasteiger partial charge in [-0.3, -0.25) is 0 Å². The molecule has 82 valence electrons. The molecule has 2 aromatic carbocycles. The van der Waals surface area contributed by atoms with Crippen molar-refractivity contribution < 1.29 is 19.7 Å². The number of fused-ring (bicyclic) bond motifs is 1. The Kier molecular flexibility index (Phi) is 2.40. The van der Waals surface area contributed by atoms with Gasteiger partial charge in [-0.05, 0) is 22.9 Å². The number of benzene rings is 2. The Bertz CT molecular complexity index is 560. The quantitative estimate of drug-likeness (QED) is 0.829. The minimum absolute atomic E-state index is 0.122. The number of aromatic carboxylic acids is 1. The highest BCUT2D eigenvalue weighted by atomic mass is 16.5. The van der Waals surface area contributed by atoms with E-state index in [0.29, 0.717) is 10.8 Å². The van der Waals surface area contributed by atoms with Crippen molar-refractivity contribution in [1.82, 2.24) is 0 Å². The smallest absolute Gasteiger partial charge is 0.336 e. The Hall–Kier alpha value is -2.23. The number of methoxy groups -OCH3 is 1. The van der Waals surface area contributed by atoms with E-state index >= 15 is 0 Å². The van der Waals surface area contributed by atoms with Crippen LogP contribution in [0.25, 0.3) is 10.8 Å². The first-order valence-corrected chi connectivity index (χ1v) is 4.64. The lowest BCUT2D eigenvalue weighted by Crippen LogP contribution is -2.00. The Morgan fingerprint density at radius 3 is 2.75 bits per heavy atom. The van der Waals surface area contributed by atoms with Gasteiger partial charge in [-0.15, -0.1) is 0 Å². The zero-order valence-corrected chi connectivity index (χ0v) is 8.56. The molecule has 0 saturated carbocycles. The number of ether oxygens (including phenoxy) is 1. The van der Waals surface area contributed by atoms with Crippen molar-refractivity contribution in [3.05, 3.63) is 35.9 Å². The second kappa shape index (κ2) is 3.73. The molecule has 0 unspecified atom stereocenters. The molecule has 0 spiro atoms. The van der Waals surface area contributed by atoms with E-state index in [1.54, 1.807) is 18.2 Å². The lowest BCUT2D eigenvalue weighted by atomic mass is 10.0. The van der Waals surface area contributed by atoms with E-state index < -0.39 is 5.97 Å². The van der Waals surface area contributed by atoms with Gasteiger partial charge in [0.25, 0.3) is 0 Å². The zero-order valence-electron chi connectivity index (χ0n) is 8.56. The molecule has 0 fully saturated rings. The van der Waals surface area contributed by atoms with Gasteiger partial charge in [0.1, 0.15) is 5.75 Å². The summed E-state index contributed by atoms with van der Waals surface area (Å²) in [6.07, 6.45) is 0. The third-order valence-corrected chi connectivity index (χ3v) is 2.40. The summed E-state index contributed by atoms with van der Waals surface area (Å²) in [4.78, 5) is 10.9. The molecule has 2 rings (SSSR count). The molecular weight excluding hydrogens is 208 g/mol. The number of rotatable bonds is 2. The third-order valence-electron chi connectivity index (χ3n) is 2.40. The molecule has 16 heavy (non-hydrogen) atoms. The fourth-order valence-electron chi connectivity index (χ4n) is 1.63. The molecule has 0 amide bonds. The lowest BCUT2D eigenvalue weighted by molar-refractivity contribution is -0.269. The first-order chi connectivity index (χ1) is 7.63. The van der Waals surface area contributed by atoms with E-state index in [-0.39, 0.29) is 17.1 Å². The lowest BCUT2D eigenvalue weighted by Gasteiger charge is -2.14. The number of carbonyl (C=O) groups is 1. The van der Waals surface area contributed by atoms with Gasteiger partial charge in [-0.2, -0.15) is 0 Å². The van der Waals surface area contributed by atoms with E-state index in [2.05, 4.69) is 0 Å². The van der Waals surface area contributed by atoms with Gasteiger partial charge < -0.3 is 14.9 Å². The monoisotopic (exact) mass is 217 g/mol. The van der Waals surface area contributed by atoms with Crippen molar-refractivity contribution >= 4 is 16.7 Å². The van der Waals surface area contributed by atoms with E-state index in [1.807, 2.05) is 0 Å². The van der Waals surface area contributed by atoms with Crippen LogP contribution in [-0.2, 0) is 0 Å². The Morgan fingerprint density at radius 2 is 2.12 bits per heavy atom. The average Bonchev–Trinajstić information content (AvgIpc) is 2.27. The molecule has 1 N–H and O–H groups in total. The highest BCUT2D eigenvalue weighted by Crippen LogP contribution is 2.30. The Labute approximate surface area is 91.7 Å². The number of carboxylic acids is 1. The predicted octanol–water partition coefficient (Wildman–Crippen LogP) is 1.62. The third kappa shape index (κ3) is 1.54. The summed E-state index contributed by atoms with van der Waals surface area (Å²) in [7, 11) is 1.41. The molecule has 0 aliphatic rings. The van der Waals surface area contributed by atoms with Crippen molar-refractivity contribution in [1.29, 1.82) is 0 Å². The highest BCUT2D eigenvalue weighted by Gasteiger charge is 2.08. The maximum absolute atomic E-state index is 11.5. The molecule has 0 radical (unpaired) electrons. The maximum Gasteiger partial charge on any atom is 0.336 e. The van der Waals surface area contributed by atoms with Crippen LogP contribution < -0.4 is 9.84 Å². The van der Waals surface area contributed by atoms with Crippen LogP contribution in [0.15, 0.2) is 30.3 Å². The number of carboxylic acid groups (broad SMARTS) is 1. The maximum atomic E-state index is 11.5. The number of hydrogen-bond donors (Lipinski definition) is 1. The van der Waals surface area contributed by atoms with Gasteiger partial charge in [-0.25, -0.2) is 4.79 Å². The summed E-state index contributed by atoms with van der Waals surface area (Å²) in [6, 6.07) is 7.68. The normalized spacial score (nSPS) is 10.3. The standard InChI is InChI=1S/C12H10O4/c1-16-11-5-7-3-2-4-8(12(14)15)9(7)6-10(11)13/h2-6,13H,1H3,(H,14,15)/p-1. The largest absolute Gasteiger partial charge is 0.870 e. The highest BCUT2D eigenvalue weighted by molar-refractivity contribution is 6.04. The summed E-state index contributed by atoms with van der Waals surface area (Å²) in [6.45, 7) is 0. The first kappa shape index (κ1) is 10.3. The Morgan fingerprint density at radius 1 is 1.38 bits per heavy atom. The van der Waals surface area contributed by atoms with Crippen LogP contribution in [0.5, 0.6) is 11.5 Å². The summed E-state index contributed by atoms with van der Waals surface area (Å²) in [5.74, 6) is -1.14. The summed E-state index contributed by atoms with van der Waals surface area (Å²) >= 11 is 0. The van der Waals surface area contributed by atoms with E-state index in [0.717, 1.165) is 0 Å². The molecule has 0 atom stereocenters. The molecule has 0 aliphatic carbocycles. The van der Waals surface area contributed by atoms with E-state index in [4.69, 9.17) is 9.84 Å². The summed E-state index contributed by atoms with van der Waals surface area (Å²) < 4.78 is 4.89. The minimum atomic E-state index is -1.05. The van der Waals surface area contributed by atoms with Crippen LogP contribution in [0.4, 0.5) is 0 Å². The molecule has 0 saturated heterocycles. The topological polar surface area (TPSA) is 69.6 Å². The molecule has 4 nitrogen and oxygen atoms in total. The minimum Gasteiger partial charge on any atom is -0.870 e. The van der Waals surface area contributed by atoms with Crippen LogP contribution in [0.2, 0.25) is 0 Å². The van der Waals surface area contributed by atoms with Crippen LogP contribution in [0.3, 0.4) is 0 Å². The van der Waals surface area contributed by atoms with Crippen molar-refractivity contribution in [2.24, 2.45) is 0 Å². The molecule has 4 heteroatoms. The Balaban J connectivity index is 2.79. The van der Waals surface area contributed by atoms with E-state index in [9.17, 15) is 9.90 Å². The molecule has 0 bridgehead atoms. The van der Waals surface area contributed by atoms with E-state index in [1.165, 1.54) is 19.2 Å². The van der Waals surface area contributed by atoms with Crippen molar-refractivity contribution in [3.8, 4) is 11.5 Å². The summed E-state index contributed by atoms with van der Waals surface area (Å²) in [5.41, 5.74) is 0.122. The predicted molar refractivity (Wildman–Crippen MR) is 56.9 cm³/mol. The van der Waals surface area contributed by atoms with Gasteiger partial charge >= 0.3 is 5.97 Å². The number of hydrogen-bond acceptors (Lipinski definition) is 3. The van der Waals surface area contributed by atoms with Gasteiger partial charge in [0.05, 0.1) is 12.7 Å². The fraction of sp³-hybridized carbons (Fsp3) is 0.0833. The SMILES string of the molecule is COc1cc2cccc(C(=O)O)c2cc1[O-]. The fourth-order valence-corrected chi connectivity index (χ4v) is 1.63. The van der Waals surface area contributed by atoms with Crippen LogP contribution in [0.1, 0.15) is 10.4 Å². The summed E-state index contributed by atoms with van der Waals surface area (Å²) in [5, 5.41) is 21.6. The van der Waals surface area contributed by atoms with Gasteiger partial charge in [0, 0.05) is 0 Å². The van der Waals surface area contributed by atoms with Gasteiger partial charge in [0.15, 0.2) is 0 Å². The molecule has 0 aliphatic heterocycles. The molecular formula is C12H9O4-. The second-order valence-electron chi connectivity index (χ2n) is 3.33. The van der Waals surface area contributed by atoms with Crippen molar-refractivity contribution in [2.45, 2.75) is 0 Å². The zero-order chi connectivity index (χ0) is 11.7. The van der Waals surface area contributed by atoms with Crippen molar-refractivity contribution in [2.75, 3.05) is 7.11 Å². The van der Waals surface area contributed by atoms with Crippen LogP contribution >= 0.6 is 0 Å². The van der Waals surface area contributed by atoms with Crippen LogP contribution in [-0.4, -0.2) is 18.2 Å². The first-order valence-electron chi connectivity index (χ1n) is 4.64. The molecule has 0 heterocycles. The van der Waals surface area contributed by atoms with Crippen LogP contribution in [0, 0.1) is 0 Å². The molecule has 0 aromatic heterocycles. The average molecular weight is 217 g/mol. The van der Waals surface area contributed by atoms with Gasteiger partial charge in [0.2, 0.25) is 0 Å². The second-order valence-corrected chi connectivity index (χ2v) is 3.33. The van der Waals surface area contributed by atoms with Gasteiger partial charge in [-0.1, -0.05) is 23.9 Å². The van der Waals surface area contributed by atoms with Crippen molar-refractivity contribution in [3.63, 3.8) is 0 Å².